The molecular formula is C5H12F3N3O. The number of nitrogens with two attached hydrogens (primary N) is 1. The molecule has 0 atom stereocenters. The molecule has 0 aromatic heterocycles. The monoisotopic (exact) mass is 187 g/mol. The van der Waals surface area contributed by atoms with Gasteiger partial charge >= 0.3 is 12.1 Å². The zero-order valence-electron chi connectivity index (χ0n) is 7.07. The van der Waals surface area contributed by atoms with Crippen LogP contribution in [0.25, 0.3) is 0 Å². The van der Waals surface area contributed by atoms with E-state index in [1.54, 1.807) is 0 Å². The minimum Gasteiger partial charge on any atom is -0.312 e. The number of alkyl halides is 3. The maximum absolute atomic E-state index is 11.0. The van der Waals surface area contributed by atoms with Crippen LogP contribution in [0.4, 0.5) is 13.2 Å². The van der Waals surface area contributed by atoms with Crippen LogP contribution in [0.5, 0.6) is 0 Å². The number of carbonyl (C=O) groups is 1. The first-order chi connectivity index (χ1) is 5.21. The summed E-state index contributed by atoms with van der Waals surface area (Å²) in [5.74, 6) is 2.00. The Bertz CT molecular complexity index is 132. The van der Waals surface area contributed by atoms with Crippen molar-refractivity contribution in [1.29, 1.82) is 0 Å². The van der Waals surface area contributed by atoms with Crippen molar-refractivity contribution in [3.63, 3.8) is 0 Å². The van der Waals surface area contributed by atoms with Gasteiger partial charge in [0.15, 0.2) is 0 Å². The standard InChI is InChI=1S/C3H9N.C2H3F3N2O/c1-4(2)3;3-2(4,5)1(8)7-6/h1-3H3;6H2,(H,7,8). The van der Waals surface area contributed by atoms with Crippen LogP contribution in [0.3, 0.4) is 0 Å². The molecule has 4 nitrogen and oxygen atoms in total. The van der Waals surface area contributed by atoms with Crippen molar-refractivity contribution >= 4 is 5.91 Å². The molecule has 0 aliphatic rings. The molecule has 1 amide bonds. The largest absolute Gasteiger partial charge is 0.472 e. The van der Waals surface area contributed by atoms with E-state index < -0.39 is 12.1 Å². The molecule has 0 radical (unpaired) electrons. The Kier molecular flexibility index (Phi) is 6.63. The van der Waals surface area contributed by atoms with Gasteiger partial charge in [0, 0.05) is 0 Å². The first-order valence-corrected chi connectivity index (χ1v) is 2.90. The van der Waals surface area contributed by atoms with Gasteiger partial charge in [-0.1, -0.05) is 0 Å². The highest BCUT2D eigenvalue weighted by molar-refractivity contribution is 5.80. The smallest absolute Gasteiger partial charge is 0.312 e. The van der Waals surface area contributed by atoms with E-state index in [1.165, 1.54) is 0 Å². The molecule has 0 aliphatic carbocycles. The number of hydrogen-bond acceptors (Lipinski definition) is 3. The summed E-state index contributed by atoms with van der Waals surface area (Å²) < 4.78 is 32.9. The van der Waals surface area contributed by atoms with E-state index in [2.05, 4.69) is 5.84 Å². The van der Waals surface area contributed by atoms with Crippen LogP contribution in [0.1, 0.15) is 0 Å². The van der Waals surface area contributed by atoms with Crippen LogP contribution >= 0.6 is 0 Å². The molecule has 0 spiro atoms. The summed E-state index contributed by atoms with van der Waals surface area (Å²) in [4.78, 5) is 11.5. The molecule has 0 heterocycles. The second-order valence-corrected chi connectivity index (χ2v) is 2.31. The highest BCUT2D eigenvalue weighted by atomic mass is 19.4. The summed E-state index contributed by atoms with van der Waals surface area (Å²) in [7, 11) is 6.00. The molecule has 3 N–H and O–H groups in total. The average Bonchev–Trinajstić information content (AvgIpc) is 1.82. The SMILES string of the molecule is CN(C)C.NNC(=O)C(F)(F)F. The molecule has 0 aromatic rings. The van der Waals surface area contributed by atoms with E-state index in [9.17, 15) is 18.0 Å². The first-order valence-electron chi connectivity index (χ1n) is 2.90. The van der Waals surface area contributed by atoms with Gasteiger partial charge in [-0.2, -0.15) is 13.2 Å². The number of halogens is 3. The van der Waals surface area contributed by atoms with Gasteiger partial charge in [-0.25, -0.2) is 5.84 Å². The Morgan fingerprint density at radius 3 is 1.58 bits per heavy atom. The number of nitrogens with zero attached hydrogens (tertiary/aromatic N) is 1. The Hall–Kier alpha value is -0.820. The second-order valence-electron chi connectivity index (χ2n) is 2.31. The van der Waals surface area contributed by atoms with Gasteiger partial charge in [0.25, 0.3) is 0 Å². The molecule has 0 aliphatic heterocycles. The van der Waals surface area contributed by atoms with Gasteiger partial charge in [0.1, 0.15) is 0 Å². The molecule has 0 fully saturated rings. The summed E-state index contributed by atoms with van der Waals surface area (Å²) in [6.07, 6.45) is -4.87. The van der Waals surface area contributed by atoms with Crippen molar-refractivity contribution in [3.05, 3.63) is 0 Å². The fourth-order valence-corrected chi connectivity index (χ4v) is 0.0818. The van der Waals surface area contributed by atoms with E-state index >= 15 is 0 Å². The summed E-state index contributed by atoms with van der Waals surface area (Å²) in [5, 5.41) is 0. The van der Waals surface area contributed by atoms with Crippen LogP contribution in [0, 0.1) is 0 Å². The molecule has 0 aromatic carbocycles. The zero-order valence-corrected chi connectivity index (χ0v) is 7.07. The molecule has 12 heavy (non-hydrogen) atoms. The van der Waals surface area contributed by atoms with Gasteiger partial charge in [0.05, 0.1) is 0 Å². The number of hydrogen-bond donors (Lipinski definition) is 2. The zero-order chi connectivity index (χ0) is 10.4. The van der Waals surface area contributed by atoms with Crippen molar-refractivity contribution in [2.75, 3.05) is 21.1 Å². The lowest BCUT2D eigenvalue weighted by molar-refractivity contribution is -0.173. The molecule has 0 saturated carbocycles. The van der Waals surface area contributed by atoms with Gasteiger partial charge < -0.3 is 4.90 Å². The van der Waals surface area contributed by atoms with Crippen molar-refractivity contribution in [3.8, 4) is 0 Å². The first kappa shape index (κ1) is 13.7. The van der Waals surface area contributed by atoms with Crippen molar-refractivity contribution in [2.45, 2.75) is 6.18 Å². The number of carbonyl (C=O) groups excluding carboxylic acids is 1. The third-order valence-electron chi connectivity index (χ3n) is 0.389. The summed E-state index contributed by atoms with van der Waals surface area (Å²) in [5.41, 5.74) is 0.941. The van der Waals surface area contributed by atoms with Gasteiger partial charge in [-0.15, -0.1) is 0 Å². The molecule has 0 unspecified atom stereocenters. The molecular weight excluding hydrogens is 175 g/mol. The average molecular weight is 187 g/mol. The fourth-order valence-electron chi connectivity index (χ4n) is 0.0818. The Balaban J connectivity index is 0. The quantitative estimate of drug-likeness (QED) is 0.311. The van der Waals surface area contributed by atoms with E-state index in [1.807, 2.05) is 26.0 Å². The third-order valence-corrected chi connectivity index (χ3v) is 0.389. The molecule has 0 bridgehead atoms. The summed E-state index contributed by atoms with van der Waals surface area (Å²) >= 11 is 0. The van der Waals surface area contributed by atoms with E-state index in [0.717, 1.165) is 5.43 Å². The van der Waals surface area contributed by atoms with Gasteiger partial charge in [0.2, 0.25) is 0 Å². The lowest BCUT2D eigenvalue weighted by Gasteiger charge is -2.00. The molecule has 0 saturated heterocycles. The van der Waals surface area contributed by atoms with Crippen molar-refractivity contribution in [1.82, 2.24) is 10.3 Å². The van der Waals surface area contributed by atoms with Crippen LogP contribution in [0.2, 0.25) is 0 Å². The van der Waals surface area contributed by atoms with Gasteiger partial charge in [-0.05, 0) is 21.1 Å². The second kappa shape index (κ2) is 5.78. The maximum atomic E-state index is 11.0. The fraction of sp³-hybridized carbons (Fsp3) is 0.800. The summed E-state index contributed by atoms with van der Waals surface area (Å²) in [6, 6.07) is 0. The van der Waals surface area contributed by atoms with E-state index in [-0.39, 0.29) is 0 Å². The van der Waals surface area contributed by atoms with Crippen LogP contribution in [-0.4, -0.2) is 38.1 Å². The van der Waals surface area contributed by atoms with Crippen molar-refractivity contribution in [2.24, 2.45) is 5.84 Å². The molecule has 0 rings (SSSR count). The Labute approximate surface area is 68.5 Å². The topological polar surface area (TPSA) is 58.4 Å². The number of nitrogens with one attached hydrogen (secondary N) is 1. The van der Waals surface area contributed by atoms with E-state index in [0.29, 0.717) is 0 Å². The lowest BCUT2D eigenvalue weighted by Crippen LogP contribution is -2.40. The van der Waals surface area contributed by atoms with Crippen LogP contribution < -0.4 is 11.3 Å². The Morgan fingerprint density at radius 1 is 1.33 bits per heavy atom. The van der Waals surface area contributed by atoms with E-state index in [4.69, 9.17) is 0 Å². The lowest BCUT2D eigenvalue weighted by atomic mass is 10.6. The Morgan fingerprint density at radius 2 is 1.58 bits per heavy atom. The van der Waals surface area contributed by atoms with Crippen LogP contribution in [0.15, 0.2) is 0 Å². The normalized spacial score (nSPS) is 10.3. The van der Waals surface area contributed by atoms with Crippen LogP contribution in [-0.2, 0) is 4.79 Å². The third kappa shape index (κ3) is 11.9. The molecule has 7 heteroatoms. The minimum absolute atomic E-state index is 0.941. The number of hydrazine groups is 1. The number of amides is 1. The highest BCUT2D eigenvalue weighted by Crippen LogP contribution is 2.12. The maximum Gasteiger partial charge on any atom is 0.472 e. The predicted octanol–water partition coefficient (Wildman–Crippen LogP) is -0.284. The van der Waals surface area contributed by atoms with Gasteiger partial charge in [-0.3, -0.25) is 10.2 Å². The minimum atomic E-state index is -4.87. The predicted molar refractivity (Wildman–Crippen MR) is 38.0 cm³/mol. The summed E-state index contributed by atoms with van der Waals surface area (Å²) in [6.45, 7) is 0. The highest BCUT2D eigenvalue weighted by Gasteiger charge is 2.37. The number of rotatable bonds is 0. The van der Waals surface area contributed by atoms with Crippen molar-refractivity contribution < 1.29 is 18.0 Å². The molecule has 74 valence electrons.